The van der Waals surface area contributed by atoms with Crippen LogP contribution in [0.1, 0.15) is 12.5 Å². The maximum absolute atomic E-state index is 2.14. The van der Waals surface area contributed by atoms with E-state index >= 15 is 0 Å². The predicted octanol–water partition coefficient (Wildman–Crippen LogP) is 3.41. The Morgan fingerprint density at radius 2 is 1.91 bits per heavy atom. The molecule has 1 aromatic rings. The second-order valence-corrected chi connectivity index (χ2v) is 3.07. The average Bonchev–Trinajstić information content (AvgIpc) is 2.09. The maximum Gasteiger partial charge on any atom is 0.00989 e. The van der Waals surface area contributed by atoms with E-state index in [2.05, 4.69) is 43.5 Å². The van der Waals surface area contributed by atoms with Gasteiger partial charge in [-0.2, -0.15) is 0 Å². The summed E-state index contributed by atoms with van der Waals surface area (Å²) >= 11 is 1.78. The third-order valence-electron chi connectivity index (χ3n) is 1.54. The van der Waals surface area contributed by atoms with Crippen molar-refractivity contribution in [2.45, 2.75) is 6.92 Å². The van der Waals surface area contributed by atoms with Crippen molar-refractivity contribution in [2.24, 2.45) is 0 Å². The lowest BCUT2D eigenvalue weighted by Gasteiger charge is -2.01. The topological polar surface area (TPSA) is 0 Å². The maximum atomic E-state index is 2.14. The molecule has 0 aromatic heterocycles. The van der Waals surface area contributed by atoms with E-state index < -0.39 is 0 Å². The van der Waals surface area contributed by atoms with Crippen LogP contribution in [0.15, 0.2) is 36.4 Å². The Labute approximate surface area is 72.3 Å². The first-order chi connectivity index (χ1) is 5.38. The highest BCUT2D eigenvalue weighted by Crippen LogP contribution is 2.23. The Kier molecular flexibility index (Phi) is 3.24. The Balaban J connectivity index is 2.92. The molecule has 0 aliphatic heterocycles. The number of thioether (sulfide) groups is 1. The lowest BCUT2D eigenvalue weighted by atomic mass is 10.2. The molecule has 0 fully saturated rings. The highest BCUT2D eigenvalue weighted by atomic mass is 32.2. The molecular weight excluding hydrogens is 152 g/mol. The van der Waals surface area contributed by atoms with Crippen molar-refractivity contribution in [1.29, 1.82) is 0 Å². The molecule has 0 unspecified atom stereocenters. The molecule has 0 saturated heterocycles. The zero-order chi connectivity index (χ0) is 8.10. The summed E-state index contributed by atoms with van der Waals surface area (Å²) in [6, 6.07) is 10.4. The van der Waals surface area contributed by atoms with Gasteiger partial charge < -0.3 is 0 Å². The minimum atomic E-state index is 1.31. The molecule has 0 atom stereocenters. The highest BCUT2D eigenvalue weighted by molar-refractivity contribution is 8.07. The molecule has 58 valence electrons. The summed E-state index contributed by atoms with van der Waals surface area (Å²) in [6.07, 6.45) is 4.24. The molecular formula is C10H12S. The van der Waals surface area contributed by atoms with Gasteiger partial charge in [-0.3, -0.25) is 0 Å². The number of allylic oxidation sites excluding steroid dienone is 1. The van der Waals surface area contributed by atoms with Crippen LogP contribution in [0.25, 0.3) is 4.91 Å². The predicted molar refractivity (Wildman–Crippen MR) is 53.6 cm³/mol. The molecule has 1 heteroatoms. The fourth-order valence-corrected chi connectivity index (χ4v) is 1.61. The van der Waals surface area contributed by atoms with Gasteiger partial charge in [-0.15, -0.1) is 11.8 Å². The molecule has 1 aromatic carbocycles. The van der Waals surface area contributed by atoms with Crippen molar-refractivity contribution in [3.05, 3.63) is 42.0 Å². The zero-order valence-electron chi connectivity index (χ0n) is 6.87. The third kappa shape index (κ3) is 2.12. The van der Waals surface area contributed by atoms with Crippen LogP contribution in [0, 0.1) is 0 Å². The van der Waals surface area contributed by atoms with Crippen LogP contribution in [0.5, 0.6) is 0 Å². The van der Waals surface area contributed by atoms with E-state index in [0.29, 0.717) is 0 Å². The molecule has 0 radical (unpaired) electrons. The lowest BCUT2D eigenvalue weighted by Crippen LogP contribution is -1.75. The van der Waals surface area contributed by atoms with Crippen LogP contribution in [0.4, 0.5) is 0 Å². The van der Waals surface area contributed by atoms with Gasteiger partial charge in [0.25, 0.3) is 0 Å². The van der Waals surface area contributed by atoms with Crippen LogP contribution in [0.3, 0.4) is 0 Å². The summed E-state index contributed by atoms with van der Waals surface area (Å²) in [4.78, 5) is 1.34. The minimum Gasteiger partial charge on any atom is -0.129 e. The Bertz CT molecular complexity index is 236. The average molecular weight is 164 g/mol. The third-order valence-corrected chi connectivity index (χ3v) is 2.45. The second-order valence-electron chi connectivity index (χ2n) is 2.22. The molecule has 0 heterocycles. The molecule has 0 saturated carbocycles. The summed E-state index contributed by atoms with van der Waals surface area (Å²) in [7, 11) is 0. The first kappa shape index (κ1) is 8.41. The van der Waals surface area contributed by atoms with Crippen molar-refractivity contribution in [3.8, 4) is 0 Å². The summed E-state index contributed by atoms with van der Waals surface area (Å²) in [5.41, 5.74) is 1.31. The molecule has 11 heavy (non-hydrogen) atoms. The van der Waals surface area contributed by atoms with Crippen molar-refractivity contribution in [1.82, 2.24) is 0 Å². The summed E-state index contributed by atoms with van der Waals surface area (Å²) in [5, 5.41) is 0. The van der Waals surface area contributed by atoms with Crippen LogP contribution < -0.4 is 0 Å². The van der Waals surface area contributed by atoms with E-state index in [1.54, 1.807) is 11.8 Å². The Morgan fingerprint density at radius 1 is 1.27 bits per heavy atom. The number of hydrogen-bond acceptors (Lipinski definition) is 1. The molecule has 0 bridgehead atoms. The van der Waals surface area contributed by atoms with Crippen LogP contribution in [-0.2, 0) is 0 Å². The van der Waals surface area contributed by atoms with Crippen molar-refractivity contribution in [2.75, 3.05) is 6.26 Å². The quantitative estimate of drug-likeness (QED) is 0.645. The van der Waals surface area contributed by atoms with Gasteiger partial charge in [0.15, 0.2) is 0 Å². The molecule has 0 N–H and O–H groups in total. The van der Waals surface area contributed by atoms with Crippen molar-refractivity contribution < 1.29 is 0 Å². The molecule has 0 nitrogen and oxygen atoms in total. The summed E-state index contributed by atoms with van der Waals surface area (Å²) < 4.78 is 0. The number of benzene rings is 1. The van der Waals surface area contributed by atoms with E-state index in [1.807, 2.05) is 6.07 Å². The number of hydrogen-bond donors (Lipinski definition) is 0. The Hall–Kier alpha value is -0.690. The van der Waals surface area contributed by atoms with Gasteiger partial charge in [0.05, 0.1) is 0 Å². The van der Waals surface area contributed by atoms with Gasteiger partial charge in [0.1, 0.15) is 0 Å². The molecule has 0 amide bonds. The van der Waals surface area contributed by atoms with E-state index in [4.69, 9.17) is 0 Å². The monoisotopic (exact) mass is 164 g/mol. The molecule has 0 spiro atoms. The number of rotatable bonds is 2. The normalized spacial score (nSPS) is 11.6. The fourth-order valence-electron chi connectivity index (χ4n) is 1.00. The second kappa shape index (κ2) is 4.24. The van der Waals surface area contributed by atoms with Gasteiger partial charge in [0.2, 0.25) is 0 Å². The van der Waals surface area contributed by atoms with Gasteiger partial charge >= 0.3 is 0 Å². The van der Waals surface area contributed by atoms with Gasteiger partial charge in [0, 0.05) is 4.91 Å². The van der Waals surface area contributed by atoms with Gasteiger partial charge in [-0.1, -0.05) is 36.4 Å². The molecule has 0 aliphatic rings. The zero-order valence-corrected chi connectivity index (χ0v) is 7.69. The van der Waals surface area contributed by atoms with Crippen molar-refractivity contribution in [3.63, 3.8) is 0 Å². The molecule has 0 aliphatic carbocycles. The minimum absolute atomic E-state index is 1.31. The summed E-state index contributed by atoms with van der Waals surface area (Å²) in [6.45, 7) is 2.07. The van der Waals surface area contributed by atoms with Crippen LogP contribution in [-0.4, -0.2) is 6.26 Å². The first-order valence-corrected chi connectivity index (χ1v) is 4.86. The largest absolute Gasteiger partial charge is 0.129 e. The Morgan fingerprint density at radius 3 is 2.36 bits per heavy atom. The summed E-state index contributed by atoms with van der Waals surface area (Å²) in [5.74, 6) is 0. The van der Waals surface area contributed by atoms with E-state index in [0.717, 1.165) is 0 Å². The highest BCUT2D eigenvalue weighted by Gasteiger charge is 1.94. The van der Waals surface area contributed by atoms with E-state index in [1.165, 1.54) is 10.5 Å². The molecule has 1 rings (SSSR count). The standard InChI is InChI=1S/C10H12S/c1-3-10(11-2)9-7-5-4-6-8-9/h3-8H,1-2H3/b10-3-. The smallest absolute Gasteiger partial charge is 0.00989 e. The first-order valence-electron chi connectivity index (χ1n) is 3.64. The van der Waals surface area contributed by atoms with Crippen molar-refractivity contribution >= 4 is 16.7 Å². The SMILES string of the molecule is C/C=C(\SC)c1ccccc1. The van der Waals surface area contributed by atoms with Crippen LogP contribution >= 0.6 is 11.8 Å². The van der Waals surface area contributed by atoms with Gasteiger partial charge in [-0.25, -0.2) is 0 Å². The van der Waals surface area contributed by atoms with E-state index in [9.17, 15) is 0 Å². The fraction of sp³-hybridized carbons (Fsp3) is 0.200. The van der Waals surface area contributed by atoms with Crippen LogP contribution in [0.2, 0.25) is 0 Å². The van der Waals surface area contributed by atoms with Gasteiger partial charge in [-0.05, 0) is 18.7 Å². The lowest BCUT2D eigenvalue weighted by molar-refractivity contribution is 1.63. The van der Waals surface area contributed by atoms with E-state index in [-0.39, 0.29) is 0 Å².